The highest BCUT2D eigenvalue weighted by Gasteiger charge is 2.23. The second-order valence-corrected chi connectivity index (χ2v) is 6.86. The molecule has 29 heavy (non-hydrogen) atoms. The standard InChI is InChI=1S/C21H16F3N3O2/c1-10(14-9-25-20(28)13-8-17(24)16(23)7-12(13)14)27(2)21(29)18-6-11-4-3-5-15(22)19(11)26-18/h3-10,26H,1-2H3,(H,25,28)/t10-/m0/s1. The summed E-state index contributed by atoms with van der Waals surface area (Å²) in [5, 5.41) is 0.755. The molecule has 0 aliphatic carbocycles. The Morgan fingerprint density at radius 3 is 2.41 bits per heavy atom. The van der Waals surface area contributed by atoms with E-state index >= 15 is 0 Å². The average molecular weight is 399 g/mol. The van der Waals surface area contributed by atoms with Crippen LogP contribution < -0.4 is 5.56 Å². The van der Waals surface area contributed by atoms with Crippen molar-refractivity contribution in [1.29, 1.82) is 0 Å². The van der Waals surface area contributed by atoms with E-state index in [9.17, 15) is 22.8 Å². The minimum atomic E-state index is -1.13. The van der Waals surface area contributed by atoms with Crippen LogP contribution >= 0.6 is 0 Å². The molecule has 0 saturated carbocycles. The van der Waals surface area contributed by atoms with Crippen LogP contribution in [0.5, 0.6) is 0 Å². The number of hydrogen-bond donors (Lipinski definition) is 2. The summed E-state index contributed by atoms with van der Waals surface area (Å²) < 4.78 is 41.3. The van der Waals surface area contributed by atoms with E-state index < -0.39 is 35.0 Å². The first kappa shape index (κ1) is 18.8. The fraction of sp³-hybridized carbons (Fsp3) is 0.143. The van der Waals surface area contributed by atoms with Gasteiger partial charge in [-0.1, -0.05) is 12.1 Å². The molecule has 0 bridgehead atoms. The third-order valence-corrected chi connectivity index (χ3v) is 5.16. The molecule has 0 unspecified atom stereocenters. The quantitative estimate of drug-likeness (QED) is 0.541. The van der Waals surface area contributed by atoms with Gasteiger partial charge in [0.05, 0.1) is 16.9 Å². The number of carbonyl (C=O) groups excluding carboxylic acids is 1. The van der Waals surface area contributed by atoms with Gasteiger partial charge in [-0.2, -0.15) is 0 Å². The molecule has 0 aliphatic heterocycles. The van der Waals surface area contributed by atoms with Crippen molar-refractivity contribution < 1.29 is 18.0 Å². The lowest BCUT2D eigenvalue weighted by molar-refractivity contribution is 0.0738. The monoisotopic (exact) mass is 399 g/mol. The van der Waals surface area contributed by atoms with Crippen LogP contribution in [0.1, 0.15) is 29.0 Å². The van der Waals surface area contributed by atoms with E-state index in [0.29, 0.717) is 10.9 Å². The summed E-state index contributed by atoms with van der Waals surface area (Å²) in [5.74, 6) is -3.11. The number of amides is 1. The first-order chi connectivity index (χ1) is 13.8. The van der Waals surface area contributed by atoms with Gasteiger partial charge in [0.1, 0.15) is 11.5 Å². The molecule has 2 N–H and O–H groups in total. The summed E-state index contributed by atoms with van der Waals surface area (Å²) in [4.78, 5) is 31.6. The third-order valence-electron chi connectivity index (χ3n) is 5.16. The number of fused-ring (bicyclic) bond motifs is 2. The molecule has 0 fully saturated rings. The topological polar surface area (TPSA) is 69.0 Å². The highest BCUT2D eigenvalue weighted by molar-refractivity contribution is 5.98. The second-order valence-electron chi connectivity index (χ2n) is 6.86. The number of aromatic amines is 2. The normalized spacial score (nSPS) is 12.4. The maximum atomic E-state index is 13.9. The maximum absolute atomic E-state index is 13.9. The number of H-pyrrole nitrogens is 2. The van der Waals surface area contributed by atoms with Gasteiger partial charge < -0.3 is 14.9 Å². The molecular formula is C21H16F3N3O2. The summed E-state index contributed by atoms with van der Waals surface area (Å²) in [6.45, 7) is 1.69. The third kappa shape index (κ3) is 3.06. The molecule has 0 saturated heterocycles. The minimum absolute atomic E-state index is 0.0122. The van der Waals surface area contributed by atoms with Gasteiger partial charge in [0, 0.05) is 18.6 Å². The van der Waals surface area contributed by atoms with Crippen LogP contribution in [0, 0.1) is 17.5 Å². The molecule has 148 valence electrons. The first-order valence-electron chi connectivity index (χ1n) is 8.82. The fourth-order valence-electron chi connectivity index (χ4n) is 3.43. The van der Waals surface area contributed by atoms with Crippen molar-refractivity contribution >= 4 is 27.6 Å². The van der Waals surface area contributed by atoms with Crippen LogP contribution in [-0.4, -0.2) is 27.8 Å². The van der Waals surface area contributed by atoms with Gasteiger partial charge in [-0.3, -0.25) is 9.59 Å². The van der Waals surface area contributed by atoms with Crippen LogP contribution in [0.4, 0.5) is 13.2 Å². The Hall–Kier alpha value is -3.55. The van der Waals surface area contributed by atoms with E-state index in [-0.39, 0.29) is 22.0 Å². The molecule has 1 atom stereocenters. The zero-order valence-corrected chi connectivity index (χ0v) is 15.5. The summed E-state index contributed by atoms with van der Waals surface area (Å²) in [6, 6.07) is 7.25. The van der Waals surface area contributed by atoms with Crippen LogP contribution in [0.2, 0.25) is 0 Å². The van der Waals surface area contributed by atoms with Crippen molar-refractivity contribution in [1.82, 2.24) is 14.9 Å². The van der Waals surface area contributed by atoms with Gasteiger partial charge in [0.25, 0.3) is 11.5 Å². The Morgan fingerprint density at radius 1 is 1.03 bits per heavy atom. The summed E-state index contributed by atoms with van der Waals surface area (Å²) >= 11 is 0. The van der Waals surface area contributed by atoms with E-state index in [2.05, 4.69) is 9.97 Å². The van der Waals surface area contributed by atoms with Gasteiger partial charge >= 0.3 is 0 Å². The van der Waals surface area contributed by atoms with Gasteiger partial charge in [-0.05, 0) is 42.1 Å². The van der Waals surface area contributed by atoms with E-state index in [4.69, 9.17) is 0 Å². The van der Waals surface area contributed by atoms with Crippen LogP contribution in [0.3, 0.4) is 0 Å². The Morgan fingerprint density at radius 2 is 1.72 bits per heavy atom. The summed E-state index contributed by atoms with van der Waals surface area (Å²) in [5.41, 5.74) is 0.293. The molecular weight excluding hydrogens is 383 g/mol. The van der Waals surface area contributed by atoms with Crippen molar-refractivity contribution in [2.75, 3.05) is 7.05 Å². The number of nitrogens with one attached hydrogen (secondary N) is 2. The predicted octanol–water partition coefficient (Wildman–Crippen LogP) is 4.26. The maximum Gasteiger partial charge on any atom is 0.270 e. The lowest BCUT2D eigenvalue weighted by Gasteiger charge is -2.25. The van der Waals surface area contributed by atoms with Gasteiger partial charge in [-0.25, -0.2) is 13.2 Å². The molecule has 0 aliphatic rings. The highest BCUT2D eigenvalue weighted by atomic mass is 19.2. The number of nitrogens with zero attached hydrogens (tertiary/aromatic N) is 1. The van der Waals surface area contributed by atoms with E-state index in [1.165, 1.54) is 24.2 Å². The number of aromatic nitrogens is 2. The SMILES string of the molecule is C[C@@H](c1c[nH]c(=O)c2cc(F)c(F)cc12)N(C)C(=O)c1cc2cccc(F)c2[nH]1. The zero-order chi connectivity index (χ0) is 20.9. The Kier molecular flexibility index (Phi) is 4.41. The van der Waals surface area contributed by atoms with Crippen molar-refractivity contribution in [3.63, 3.8) is 0 Å². The Bertz CT molecular complexity index is 1330. The minimum Gasteiger partial charge on any atom is -0.348 e. The molecule has 0 spiro atoms. The highest BCUT2D eigenvalue weighted by Crippen LogP contribution is 2.28. The lowest BCUT2D eigenvalue weighted by Crippen LogP contribution is -2.30. The number of rotatable bonds is 3. The Labute approximate surface area is 162 Å². The largest absolute Gasteiger partial charge is 0.348 e. The number of pyridine rings is 1. The number of para-hydroxylation sites is 1. The van der Waals surface area contributed by atoms with E-state index in [0.717, 1.165) is 12.1 Å². The van der Waals surface area contributed by atoms with Crippen molar-refractivity contribution in [3.05, 3.63) is 81.7 Å². The van der Waals surface area contributed by atoms with Crippen molar-refractivity contribution in [2.45, 2.75) is 13.0 Å². The molecule has 2 heterocycles. The molecule has 4 aromatic rings. The molecule has 4 rings (SSSR count). The predicted molar refractivity (Wildman–Crippen MR) is 103 cm³/mol. The number of carbonyl (C=O) groups is 1. The average Bonchev–Trinajstić information content (AvgIpc) is 3.14. The van der Waals surface area contributed by atoms with Crippen LogP contribution in [0.25, 0.3) is 21.7 Å². The molecule has 5 nitrogen and oxygen atoms in total. The molecule has 1 amide bonds. The number of hydrogen-bond acceptors (Lipinski definition) is 2. The Balaban J connectivity index is 1.75. The first-order valence-corrected chi connectivity index (χ1v) is 8.82. The lowest BCUT2D eigenvalue weighted by atomic mass is 10.0. The van der Waals surface area contributed by atoms with Gasteiger partial charge in [0.15, 0.2) is 11.6 Å². The molecule has 2 aromatic heterocycles. The number of benzene rings is 2. The summed E-state index contributed by atoms with van der Waals surface area (Å²) in [6.07, 6.45) is 1.38. The molecule has 2 aromatic carbocycles. The van der Waals surface area contributed by atoms with E-state index in [1.54, 1.807) is 25.1 Å². The molecule has 8 heteroatoms. The van der Waals surface area contributed by atoms with E-state index in [1.807, 2.05) is 0 Å². The van der Waals surface area contributed by atoms with Crippen molar-refractivity contribution in [2.24, 2.45) is 0 Å². The zero-order valence-electron chi connectivity index (χ0n) is 15.5. The molecule has 0 radical (unpaired) electrons. The van der Waals surface area contributed by atoms with Crippen LogP contribution in [-0.2, 0) is 0 Å². The van der Waals surface area contributed by atoms with Crippen LogP contribution in [0.15, 0.2) is 47.4 Å². The van der Waals surface area contributed by atoms with Gasteiger partial charge in [0.2, 0.25) is 0 Å². The summed E-state index contributed by atoms with van der Waals surface area (Å²) in [7, 11) is 1.53. The second kappa shape index (κ2) is 6.80. The van der Waals surface area contributed by atoms with Gasteiger partial charge in [-0.15, -0.1) is 0 Å². The van der Waals surface area contributed by atoms with Crippen molar-refractivity contribution in [3.8, 4) is 0 Å². The fourth-order valence-corrected chi connectivity index (χ4v) is 3.43. The smallest absolute Gasteiger partial charge is 0.270 e. The number of halogens is 3.